The highest BCUT2D eigenvalue weighted by Gasteiger charge is 2.10. The van der Waals surface area contributed by atoms with Crippen LogP contribution >= 0.6 is 0 Å². The minimum Gasteiger partial charge on any atom is -0.493 e. The third-order valence-corrected chi connectivity index (χ3v) is 3.67. The molecule has 0 radical (unpaired) electrons. The lowest BCUT2D eigenvalue weighted by Gasteiger charge is -2.16. The fraction of sp³-hybridized carbons (Fsp3) is 0.294. The lowest BCUT2D eigenvalue weighted by Crippen LogP contribution is -2.18. The number of ether oxygens (including phenoxy) is 2. The SMILES string of the molecule is COc1ccc(C(C)NCc2ccc([N+](=O)[O-])cc2)cc1OC. The maximum atomic E-state index is 10.6. The zero-order chi connectivity index (χ0) is 16.8. The van der Waals surface area contributed by atoms with E-state index in [4.69, 9.17) is 9.47 Å². The molecule has 6 heteroatoms. The third-order valence-electron chi connectivity index (χ3n) is 3.67. The van der Waals surface area contributed by atoms with E-state index in [-0.39, 0.29) is 11.7 Å². The largest absolute Gasteiger partial charge is 0.493 e. The number of nitro benzene ring substituents is 1. The van der Waals surface area contributed by atoms with Crippen molar-refractivity contribution in [2.75, 3.05) is 14.2 Å². The molecule has 0 aliphatic carbocycles. The van der Waals surface area contributed by atoms with Gasteiger partial charge in [-0.05, 0) is 30.2 Å². The topological polar surface area (TPSA) is 73.6 Å². The van der Waals surface area contributed by atoms with Gasteiger partial charge in [0.05, 0.1) is 19.1 Å². The highest BCUT2D eigenvalue weighted by atomic mass is 16.6. The molecule has 1 unspecified atom stereocenters. The van der Waals surface area contributed by atoms with E-state index in [0.29, 0.717) is 18.0 Å². The van der Waals surface area contributed by atoms with Crippen molar-refractivity contribution in [3.63, 3.8) is 0 Å². The average molecular weight is 316 g/mol. The Morgan fingerprint density at radius 2 is 1.74 bits per heavy atom. The Morgan fingerprint density at radius 1 is 1.09 bits per heavy atom. The highest BCUT2D eigenvalue weighted by molar-refractivity contribution is 5.43. The Balaban J connectivity index is 2.01. The van der Waals surface area contributed by atoms with E-state index in [1.165, 1.54) is 12.1 Å². The molecule has 0 spiro atoms. The van der Waals surface area contributed by atoms with Crippen molar-refractivity contribution < 1.29 is 14.4 Å². The number of benzene rings is 2. The summed E-state index contributed by atoms with van der Waals surface area (Å²) >= 11 is 0. The van der Waals surface area contributed by atoms with Crippen molar-refractivity contribution in [3.05, 3.63) is 63.7 Å². The molecule has 0 amide bonds. The molecule has 2 aromatic carbocycles. The zero-order valence-electron chi connectivity index (χ0n) is 13.4. The average Bonchev–Trinajstić information content (AvgIpc) is 2.59. The van der Waals surface area contributed by atoms with Gasteiger partial charge in [-0.1, -0.05) is 18.2 Å². The first-order chi connectivity index (χ1) is 11.0. The van der Waals surface area contributed by atoms with Crippen LogP contribution in [0.1, 0.15) is 24.1 Å². The van der Waals surface area contributed by atoms with Crippen LogP contribution in [0, 0.1) is 10.1 Å². The van der Waals surface area contributed by atoms with E-state index in [9.17, 15) is 10.1 Å². The summed E-state index contributed by atoms with van der Waals surface area (Å²) in [7, 11) is 3.21. The van der Waals surface area contributed by atoms with Crippen LogP contribution in [-0.2, 0) is 6.54 Å². The summed E-state index contributed by atoms with van der Waals surface area (Å²) in [6.07, 6.45) is 0. The van der Waals surface area contributed by atoms with Crippen LogP contribution in [0.3, 0.4) is 0 Å². The third kappa shape index (κ3) is 4.20. The molecule has 2 aromatic rings. The van der Waals surface area contributed by atoms with E-state index in [1.807, 2.05) is 25.1 Å². The highest BCUT2D eigenvalue weighted by Crippen LogP contribution is 2.29. The van der Waals surface area contributed by atoms with Crippen LogP contribution in [0.4, 0.5) is 5.69 Å². The number of non-ortho nitro benzene ring substituents is 1. The lowest BCUT2D eigenvalue weighted by molar-refractivity contribution is -0.384. The van der Waals surface area contributed by atoms with Gasteiger partial charge in [0.1, 0.15) is 0 Å². The summed E-state index contributed by atoms with van der Waals surface area (Å²) in [5.41, 5.74) is 2.16. The second-order valence-corrected chi connectivity index (χ2v) is 5.14. The van der Waals surface area contributed by atoms with E-state index in [0.717, 1.165) is 11.1 Å². The molecule has 1 N–H and O–H groups in total. The molecule has 0 aliphatic rings. The van der Waals surface area contributed by atoms with Crippen LogP contribution < -0.4 is 14.8 Å². The van der Waals surface area contributed by atoms with Crippen LogP contribution in [0.15, 0.2) is 42.5 Å². The van der Waals surface area contributed by atoms with Gasteiger partial charge in [0.2, 0.25) is 0 Å². The molecule has 0 saturated heterocycles. The van der Waals surface area contributed by atoms with Gasteiger partial charge in [-0.2, -0.15) is 0 Å². The number of rotatable bonds is 7. The molecular formula is C17H20N2O4. The normalized spacial score (nSPS) is 11.8. The number of hydrogen-bond acceptors (Lipinski definition) is 5. The fourth-order valence-electron chi connectivity index (χ4n) is 2.25. The first-order valence-corrected chi connectivity index (χ1v) is 7.23. The van der Waals surface area contributed by atoms with Crippen molar-refractivity contribution in [1.29, 1.82) is 0 Å². The van der Waals surface area contributed by atoms with Crippen LogP contribution in [0.25, 0.3) is 0 Å². The van der Waals surface area contributed by atoms with Crippen molar-refractivity contribution in [3.8, 4) is 11.5 Å². The van der Waals surface area contributed by atoms with Crippen molar-refractivity contribution in [2.45, 2.75) is 19.5 Å². The zero-order valence-corrected chi connectivity index (χ0v) is 13.4. The van der Waals surface area contributed by atoms with Crippen molar-refractivity contribution in [1.82, 2.24) is 5.32 Å². The van der Waals surface area contributed by atoms with Crippen LogP contribution in [0.5, 0.6) is 11.5 Å². The summed E-state index contributed by atoms with van der Waals surface area (Å²) in [6.45, 7) is 2.67. The Kier molecular flexibility index (Phi) is 5.54. The molecule has 6 nitrogen and oxygen atoms in total. The monoisotopic (exact) mass is 316 g/mol. The Hall–Kier alpha value is -2.60. The van der Waals surface area contributed by atoms with Gasteiger partial charge in [-0.25, -0.2) is 0 Å². The fourth-order valence-corrected chi connectivity index (χ4v) is 2.25. The molecule has 0 aromatic heterocycles. The molecule has 0 aliphatic heterocycles. The van der Waals surface area contributed by atoms with Crippen molar-refractivity contribution >= 4 is 5.69 Å². The Labute approximate surface area is 135 Å². The number of nitro groups is 1. The Bertz CT molecular complexity index is 671. The molecule has 0 fully saturated rings. The van der Waals surface area contributed by atoms with E-state index < -0.39 is 4.92 Å². The standard InChI is InChI=1S/C17H20N2O4/c1-12(14-6-9-16(22-2)17(10-14)23-3)18-11-13-4-7-15(8-5-13)19(20)21/h4-10,12,18H,11H2,1-3H3. The summed E-state index contributed by atoms with van der Waals surface area (Å²) in [6, 6.07) is 12.4. The molecule has 0 bridgehead atoms. The molecule has 1 atom stereocenters. The first kappa shape index (κ1) is 16.8. The quantitative estimate of drug-likeness (QED) is 0.625. The number of nitrogens with one attached hydrogen (secondary N) is 1. The summed E-state index contributed by atoms with van der Waals surface area (Å²) < 4.78 is 10.5. The van der Waals surface area contributed by atoms with Gasteiger partial charge in [-0.3, -0.25) is 10.1 Å². The molecular weight excluding hydrogens is 296 g/mol. The predicted molar refractivity (Wildman–Crippen MR) is 87.9 cm³/mol. The second-order valence-electron chi connectivity index (χ2n) is 5.14. The van der Waals surface area contributed by atoms with Gasteiger partial charge in [-0.15, -0.1) is 0 Å². The smallest absolute Gasteiger partial charge is 0.269 e. The van der Waals surface area contributed by atoms with Crippen LogP contribution in [-0.4, -0.2) is 19.1 Å². The number of methoxy groups -OCH3 is 2. The maximum Gasteiger partial charge on any atom is 0.269 e. The van der Waals surface area contributed by atoms with Gasteiger partial charge in [0.25, 0.3) is 5.69 Å². The van der Waals surface area contributed by atoms with Gasteiger partial charge in [0, 0.05) is 24.7 Å². The van der Waals surface area contributed by atoms with E-state index in [1.54, 1.807) is 26.4 Å². The van der Waals surface area contributed by atoms with Crippen molar-refractivity contribution in [2.24, 2.45) is 0 Å². The van der Waals surface area contributed by atoms with Gasteiger partial charge < -0.3 is 14.8 Å². The van der Waals surface area contributed by atoms with E-state index >= 15 is 0 Å². The van der Waals surface area contributed by atoms with Crippen LogP contribution in [0.2, 0.25) is 0 Å². The lowest BCUT2D eigenvalue weighted by atomic mass is 10.1. The number of nitrogens with zero attached hydrogens (tertiary/aromatic N) is 1. The minimum atomic E-state index is -0.399. The van der Waals surface area contributed by atoms with Gasteiger partial charge >= 0.3 is 0 Å². The second kappa shape index (κ2) is 7.60. The maximum absolute atomic E-state index is 10.6. The minimum absolute atomic E-state index is 0.0988. The first-order valence-electron chi connectivity index (χ1n) is 7.23. The summed E-state index contributed by atoms with van der Waals surface area (Å²) in [5, 5.41) is 14.0. The summed E-state index contributed by atoms with van der Waals surface area (Å²) in [5.74, 6) is 1.38. The Morgan fingerprint density at radius 3 is 2.30 bits per heavy atom. The molecule has 2 rings (SSSR count). The van der Waals surface area contributed by atoms with Gasteiger partial charge in [0.15, 0.2) is 11.5 Å². The number of hydrogen-bond donors (Lipinski definition) is 1. The predicted octanol–water partition coefficient (Wildman–Crippen LogP) is 3.46. The molecule has 122 valence electrons. The molecule has 23 heavy (non-hydrogen) atoms. The van der Waals surface area contributed by atoms with E-state index in [2.05, 4.69) is 5.32 Å². The summed E-state index contributed by atoms with van der Waals surface area (Å²) in [4.78, 5) is 10.2. The molecule has 0 saturated carbocycles. The molecule has 0 heterocycles.